The molecule has 2 aromatic carbocycles. The summed E-state index contributed by atoms with van der Waals surface area (Å²) in [6.45, 7) is 7.34. The molecule has 1 N–H and O–H groups in total. The van der Waals surface area contributed by atoms with Crippen molar-refractivity contribution in [2.75, 3.05) is 31.7 Å². The van der Waals surface area contributed by atoms with E-state index >= 15 is 0 Å². The topological polar surface area (TPSA) is 39.7 Å². The lowest BCUT2D eigenvalue weighted by molar-refractivity contribution is 0.110. The summed E-state index contributed by atoms with van der Waals surface area (Å²) in [4.78, 5) is 0. The standard InChI is InChI=1S/C19H25NO3/c1-3-21-13-14-23-19-9-5-16(6-10-19)15-20-17-7-11-18(12-8-17)22-4-2/h5-12,20H,3-4,13-15H2,1-2H3. The van der Waals surface area contributed by atoms with Crippen molar-refractivity contribution < 1.29 is 14.2 Å². The number of hydrogen-bond donors (Lipinski definition) is 1. The molecule has 0 aliphatic rings. The van der Waals surface area contributed by atoms with Crippen molar-refractivity contribution >= 4 is 5.69 Å². The Hall–Kier alpha value is -2.20. The second-order valence-electron chi connectivity index (χ2n) is 5.00. The highest BCUT2D eigenvalue weighted by atomic mass is 16.5. The Labute approximate surface area is 138 Å². The van der Waals surface area contributed by atoms with E-state index in [4.69, 9.17) is 14.2 Å². The van der Waals surface area contributed by atoms with E-state index in [9.17, 15) is 0 Å². The molecule has 0 saturated heterocycles. The number of ether oxygens (including phenoxy) is 3. The fraction of sp³-hybridized carbons (Fsp3) is 0.368. The first-order chi connectivity index (χ1) is 11.3. The number of nitrogens with one attached hydrogen (secondary N) is 1. The summed E-state index contributed by atoms with van der Waals surface area (Å²) >= 11 is 0. The van der Waals surface area contributed by atoms with E-state index in [0.717, 1.165) is 30.3 Å². The van der Waals surface area contributed by atoms with Crippen molar-refractivity contribution in [3.63, 3.8) is 0 Å². The maximum absolute atomic E-state index is 5.60. The Bertz CT molecular complexity index is 552. The molecule has 0 atom stereocenters. The molecule has 4 heteroatoms. The van der Waals surface area contributed by atoms with Crippen molar-refractivity contribution in [3.8, 4) is 11.5 Å². The molecule has 0 aliphatic heterocycles. The summed E-state index contributed by atoms with van der Waals surface area (Å²) in [5.41, 5.74) is 2.28. The van der Waals surface area contributed by atoms with Crippen molar-refractivity contribution in [2.45, 2.75) is 20.4 Å². The van der Waals surface area contributed by atoms with Gasteiger partial charge in [-0.3, -0.25) is 0 Å². The maximum Gasteiger partial charge on any atom is 0.119 e. The normalized spacial score (nSPS) is 10.3. The van der Waals surface area contributed by atoms with Gasteiger partial charge in [-0.05, 0) is 55.8 Å². The Morgan fingerprint density at radius 3 is 2.04 bits per heavy atom. The van der Waals surface area contributed by atoms with Crippen LogP contribution in [0.4, 0.5) is 5.69 Å². The highest BCUT2D eigenvalue weighted by molar-refractivity contribution is 5.47. The second-order valence-corrected chi connectivity index (χ2v) is 5.00. The third-order valence-corrected chi connectivity index (χ3v) is 3.29. The van der Waals surface area contributed by atoms with Crippen LogP contribution in [0.3, 0.4) is 0 Å². The smallest absolute Gasteiger partial charge is 0.119 e. The van der Waals surface area contributed by atoms with E-state index in [1.165, 1.54) is 5.56 Å². The molecule has 0 saturated carbocycles. The highest BCUT2D eigenvalue weighted by Gasteiger charge is 1.98. The van der Waals surface area contributed by atoms with Crippen molar-refractivity contribution in [1.29, 1.82) is 0 Å². The first-order valence-electron chi connectivity index (χ1n) is 8.08. The second kappa shape index (κ2) is 9.74. The van der Waals surface area contributed by atoms with Crippen molar-refractivity contribution in [1.82, 2.24) is 0 Å². The molecular weight excluding hydrogens is 290 g/mol. The van der Waals surface area contributed by atoms with E-state index < -0.39 is 0 Å². The van der Waals surface area contributed by atoms with E-state index in [1.54, 1.807) is 0 Å². The van der Waals surface area contributed by atoms with Gasteiger partial charge in [-0.2, -0.15) is 0 Å². The van der Waals surface area contributed by atoms with Crippen LogP contribution in [0.2, 0.25) is 0 Å². The first kappa shape index (κ1) is 17.2. The average molecular weight is 315 g/mol. The van der Waals surface area contributed by atoms with Gasteiger partial charge in [-0.1, -0.05) is 12.1 Å². The molecule has 124 valence electrons. The van der Waals surface area contributed by atoms with Gasteiger partial charge in [-0.25, -0.2) is 0 Å². The van der Waals surface area contributed by atoms with Gasteiger partial charge in [0.1, 0.15) is 18.1 Å². The third-order valence-electron chi connectivity index (χ3n) is 3.29. The van der Waals surface area contributed by atoms with Crippen LogP contribution >= 0.6 is 0 Å². The number of hydrogen-bond acceptors (Lipinski definition) is 4. The number of anilines is 1. The summed E-state index contributed by atoms with van der Waals surface area (Å²) < 4.78 is 16.3. The third kappa shape index (κ3) is 6.20. The molecular formula is C19H25NO3. The van der Waals surface area contributed by atoms with Crippen LogP contribution in [0.15, 0.2) is 48.5 Å². The van der Waals surface area contributed by atoms with Crippen LogP contribution in [0.5, 0.6) is 11.5 Å². The lowest BCUT2D eigenvalue weighted by atomic mass is 10.2. The lowest BCUT2D eigenvalue weighted by Crippen LogP contribution is -2.06. The van der Waals surface area contributed by atoms with Gasteiger partial charge >= 0.3 is 0 Å². The lowest BCUT2D eigenvalue weighted by Gasteiger charge is -2.10. The zero-order chi connectivity index (χ0) is 16.3. The fourth-order valence-electron chi connectivity index (χ4n) is 2.11. The number of benzene rings is 2. The van der Waals surface area contributed by atoms with E-state index in [1.807, 2.05) is 50.2 Å². The molecule has 0 aliphatic carbocycles. The summed E-state index contributed by atoms with van der Waals surface area (Å²) in [6, 6.07) is 16.1. The van der Waals surface area contributed by atoms with Crippen LogP contribution in [0.1, 0.15) is 19.4 Å². The number of rotatable bonds is 10. The zero-order valence-electron chi connectivity index (χ0n) is 13.9. The van der Waals surface area contributed by atoms with Gasteiger partial charge in [0.25, 0.3) is 0 Å². The van der Waals surface area contributed by atoms with Gasteiger partial charge in [0.05, 0.1) is 13.2 Å². The Kier molecular flexibility index (Phi) is 7.27. The first-order valence-corrected chi connectivity index (χ1v) is 8.08. The molecule has 0 bridgehead atoms. The summed E-state index contributed by atoms with van der Waals surface area (Å²) in [6.07, 6.45) is 0. The highest BCUT2D eigenvalue weighted by Crippen LogP contribution is 2.17. The van der Waals surface area contributed by atoms with Gasteiger partial charge in [0.15, 0.2) is 0 Å². The van der Waals surface area contributed by atoms with Crippen LogP contribution < -0.4 is 14.8 Å². The van der Waals surface area contributed by atoms with Crippen LogP contribution in [0.25, 0.3) is 0 Å². The molecule has 0 unspecified atom stereocenters. The predicted molar refractivity (Wildman–Crippen MR) is 93.4 cm³/mol. The molecule has 0 amide bonds. The van der Waals surface area contributed by atoms with E-state index in [0.29, 0.717) is 19.8 Å². The molecule has 0 spiro atoms. The molecule has 0 fully saturated rings. The van der Waals surface area contributed by atoms with E-state index in [-0.39, 0.29) is 0 Å². The largest absolute Gasteiger partial charge is 0.494 e. The van der Waals surface area contributed by atoms with Gasteiger partial charge in [0.2, 0.25) is 0 Å². The minimum atomic E-state index is 0.581. The fourth-order valence-corrected chi connectivity index (χ4v) is 2.11. The quantitative estimate of drug-likeness (QED) is 0.670. The Morgan fingerprint density at radius 2 is 1.39 bits per heavy atom. The van der Waals surface area contributed by atoms with Gasteiger partial charge in [0, 0.05) is 18.8 Å². The molecule has 0 heterocycles. The Morgan fingerprint density at radius 1 is 0.739 bits per heavy atom. The summed E-state index contributed by atoms with van der Waals surface area (Å²) in [7, 11) is 0. The SMILES string of the molecule is CCOCCOc1ccc(CNc2ccc(OCC)cc2)cc1. The predicted octanol–water partition coefficient (Wildman–Crippen LogP) is 4.11. The monoisotopic (exact) mass is 315 g/mol. The van der Waals surface area contributed by atoms with Gasteiger partial charge < -0.3 is 19.5 Å². The molecule has 23 heavy (non-hydrogen) atoms. The molecule has 4 nitrogen and oxygen atoms in total. The molecule has 0 aromatic heterocycles. The molecule has 0 radical (unpaired) electrons. The Balaban J connectivity index is 1.77. The zero-order valence-corrected chi connectivity index (χ0v) is 13.9. The minimum Gasteiger partial charge on any atom is -0.494 e. The summed E-state index contributed by atoms with van der Waals surface area (Å²) in [5.74, 6) is 1.76. The van der Waals surface area contributed by atoms with E-state index in [2.05, 4.69) is 17.4 Å². The van der Waals surface area contributed by atoms with Crippen LogP contribution in [0, 0.1) is 0 Å². The van der Waals surface area contributed by atoms with Crippen LogP contribution in [-0.4, -0.2) is 26.4 Å². The molecule has 2 rings (SSSR count). The average Bonchev–Trinajstić information content (AvgIpc) is 2.59. The summed E-state index contributed by atoms with van der Waals surface area (Å²) in [5, 5.41) is 3.39. The molecule has 2 aromatic rings. The van der Waals surface area contributed by atoms with Gasteiger partial charge in [-0.15, -0.1) is 0 Å². The van der Waals surface area contributed by atoms with Crippen LogP contribution in [-0.2, 0) is 11.3 Å². The maximum atomic E-state index is 5.60. The minimum absolute atomic E-state index is 0.581. The van der Waals surface area contributed by atoms with Crippen molar-refractivity contribution in [3.05, 3.63) is 54.1 Å². The van der Waals surface area contributed by atoms with Crippen molar-refractivity contribution in [2.24, 2.45) is 0 Å².